The molecular formula is C14H20N6O. The molecule has 1 fully saturated rings. The molecule has 0 radical (unpaired) electrons. The van der Waals surface area contributed by atoms with Crippen molar-refractivity contribution in [2.24, 2.45) is 13.0 Å². The highest BCUT2D eigenvalue weighted by Crippen LogP contribution is 2.31. The first-order valence-corrected chi connectivity index (χ1v) is 7.13. The summed E-state index contributed by atoms with van der Waals surface area (Å²) in [5.41, 5.74) is 6.47. The van der Waals surface area contributed by atoms with Crippen molar-refractivity contribution in [2.75, 3.05) is 17.7 Å². The van der Waals surface area contributed by atoms with Crippen LogP contribution in [0.25, 0.3) is 0 Å². The van der Waals surface area contributed by atoms with Gasteiger partial charge >= 0.3 is 0 Å². The van der Waals surface area contributed by atoms with Gasteiger partial charge in [0.05, 0.1) is 18.3 Å². The van der Waals surface area contributed by atoms with Crippen molar-refractivity contribution in [1.82, 2.24) is 19.7 Å². The number of ether oxygens (including phenoxy) is 1. The van der Waals surface area contributed by atoms with Crippen LogP contribution in [0.5, 0.6) is 5.88 Å². The summed E-state index contributed by atoms with van der Waals surface area (Å²) in [7, 11) is 1.91. The van der Waals surface area contributed by atoms with E-state index in [4.69, 9.17) is 10.5 Å². The van der Waals surface area contributed by atoms with Crippen LogP contribution in [0.4, 0.5) is 11.5 Å². The SMILES string of the molecule is CC(Nc1ccc(N)c(OCC2CC2)n1)c1nncn1C. The van der Waals surface area contributed by atoms with Crippen molar-refractivity contribution in [1.29, 1.82) is 0 Å². The molecule has 0 aliphatic heterocycles. The van der Waals surface area contributed by atoms with Crippen LogP contribution in [0, 0.1) is 5.92 Å². The molecule has 2 aromatic rings. The first-order valence-electron chi connectivity index (χ1n) is 7.13. The molecule has 0 amide bonds. The van der Waals surface area contributed by atoms with E-state index in [0.29, 0.717) is 29.9 Å². The Bertz CT molecular complexity index is 622. The molecule has 0 saturated heterocycles. The van der Waals surface area contributed by atoms with Crippen LogP contribution in [0.15, 0.2) is 18.5 Å². The highest BCUT2D eigenvalue weighted by atomic mass is 16.5. The molecule has 2 heterocycles. The highest BCUT2D eigenvalue weighted by Gasteiger charge is 2.22. The van der Waals surface area contributed by atoms with Gasteiger partial charge in [-0.1, -0.05) is 0 Å². The van der Waals surface area contributed by atoms with E-state index in [1.807, 2.05) is 24.6 Å². The fraction of sp³-hybridized carbons (Fsp3) is 0.500. The minimum Gasteiger partial charge on any atom is -0.476 e. The minimum atomic E-state index is -0.00935. The Morgan fingerprint density at radius 3 is 2.95 bits per heavy atom. The van der Waals surface area contributed by atoms with Gasteiger partial charge in [0.15, 0.2) is 5.82 Å². The first-order chi connectivity index (χ1) is 10.1. The van der Waals surface area contributed by atoms with Gasteiger partial charge in [0.1, 0.15) is 12.1 Å². The molecule has 7 nitrogen and oxygen atoms in total. The fourth-order valence-corrected chi connectivity index (χ4v) is 2.10. The van der Waals surface area contributed by atoms with E-state index in [-0.39, 0.29) is 6.04 Å². The summed E-state index contributed by atoms with van der Waals surface area (Å²) in [6.07, 6.45) is 4.15. The molecule has 2 aromatic heterocycles. The standard InChI is InChI=1S/C14H20N6O/c1-9(13-19-16-8-20(13)2)17-12-6-5-11(15)14(18-12)21-7-10-3-4-10/h5-6,8-10H,3-4,7,15H2,1-2H3,(H,17,18). The van der Waals surface area contributed by atoms with Gasteiger partial charge in [-0.15, -0.1) is 10.2 Å². The summed E-state index contributed by atoms with van der Waals surface area (Å²) in [6.45, 7) is 2.70. The van der Waals surface area contributed by atoms with Crippen LogP contribution in [-0.2, 0) is 7.05 Å². The second kappa shape index (κ2) is 5.59. The van der Waals surface area contributed by atoms with Crippen molar-refractivity contribution in [3.63, 3.8) is 0 Å². The Hall–Kier alpha value is -2.31. The Kier molecular flexibility index (Phi) is 3.64. The fourth-order valence-electron chi connectivity index (χ4n) is 2.10. The number of nitrogens with two attached hydrogens (primary N) is 1. The van der Waals surface area contributed by atoms with Gasteiger partial charge in [-0.25, -0.2) is 0 Å². The first kappa shape index (κ1) is 13.7. The largest absolute Gasteiger partial charge is 0.476 e. The van der Waals surface area contributed by atoms with E-state index < -0.39 is 0 Å². The molecule has 0 spiro atoms. The normalized spacial score (nSPS) is 15.7. The Balaban J connectivity index is 1.69. The molecule has 1 atom stereocenters. The molecular weight excluding hydrogens is 268 g/mol. The number of pyridine rings is 1. The predicted octanol–water partition coefficient (Wildman–Crippen LogP) is 1.75. The second-order valence-electron chi connectivity index (χ2n) is 5.51. The number of rotatable bonds is 6. The molecule has 0 aromatic carbocycles. The Morgan fingerprint density at radius 1 is 1.48 bits per heavy atom. The number of nitrogens with one attached hydrogen (secondary N) is 1. The molecule has 1 unspecified atom stereocenters. The molecule has 1 aliphatic rings. The number of hydrogen-bond acceptors (Lipinski definition) is 6. The maximum absolute atomic E-state index is 5.90. The van der Waals surface area contributed by atoms with Crippen LogP contribution < -0.4 is 15.8 Å². The third-order valence-electron chi connectivity index (χ3n) is 3.54. The number of nitrogen functional groups attached to an aromatic ring is 1. The van der Waals surface area contributed by atoms with Gasteiger partial charge in [0.2, 0.25) is 5.88 Å². The van der Waals surface area contributed by atoms with Gasteiger partial charge in [0, 0.05) is 7.05 Å². The van der Waals surface area contributed by atoms with Crippen molar-refractivity contribution in [3.8, 4) is 5.88 Å². The summed E-state index contributed by atoms with van der Waals surface area (Å²) in [5.74, 6) is 2.72. The molecule has 7 heteroatoms. The Labute approximate surface area is 123 Å². The average Bonchev–Trinajstić information content (AvgIpc) is 3.19. The van der Waals surface area contributed by atoms with Crippen molar-refractivity contribution in [3.05, 3.63) is 24.3 Å². The highest BCUT2D eigenvalue weighted by molar-refractivity contribution is 5.54. The second-order valence-corrected chi connectivity index (χ2v) is 5.51. The zero-order chi connectivity index (χ0) is 14.8. The number of aryl methyl sites for hydroxylation is 1. The minimum absolute atomic E-state index is 0.00935. The molecule has 112 valence electrons. The van der Waals surface area contributed by atoms with Gasteiger partial charge in [-0.2, -0.15) is 4.98 Å². The number of aromatic nitrogens is 4. The molecule has 3 N–H and O–H groups in total. The van der Waals surface area contributed by atoms with Gasteiger partial charge in [-0.3, -0.25) is 0 Å². The van der Waals surface area contributed by atoms with Gasteiger partial charge in [-0.05, 0) is 37.8 Å². The molecule has 1 aliphatic carbocycles. The lowest BCUT2D eigenvalue weighted by Crippen LogP contribution is -2.13. The zero-order valence-electron chi connectivity index (χ0n) is 12.3. The Morgan fingerprint density at radius 2 is 2.29 bits per heavy atom. The third kappa shape index (κ3) is 3.24. The van der Waals surface area contributed by atoms with Crippen molar-refractivity contribution < 1.29 is 4.74 Å². The van der Waals surface area contributed by atoms with E-state index in [2.05, 4.69) is 20.5 Å². The van der Waals surface area contributed by atoms with Crippen molar-refractivity contribution >= 4 is 11.5 Å². The van der Waals surface area contributed by atoms with Crippen LogP contribution >= 0.6 is 0 Å². The predicted molar refractivity (Wildman–Crippen MR) is 79.9 cm³/mol. The van der Waals surface area contributed by atoms with E-state index >= 15 is 0 Å². The maximum atomic E-state index is 5.90. The smallest absolute Gasteiger partial charge is 0.239 e. The van der Waals surface area contributed by atoms with Crippen LogP contribution in [0.3, 0.4) is 0 Å². The summed E-state index contributed by atoms with van der Waals surface area (Å²) >= 11 is 0. The molecule has 0 bridgehead atoms. The number of nitrogens with zero attached hydrogens (tertiary/aromatic N) is 4. The van der Waals surface area contributed by atoms with Gasteiger partial charge < -0.3 is 20.4 Å². The number of hydrogen-bond donors (Lipinski definition) is 2. The quantitative estimate of drug-likeness (QED) is 0.841. The maximum Gasteiger partial charge on any atom is 0.239 e. The molecule has 3 rings (SSSR count). The van der Waals surface area contributed by atoms with Crippen LogP contribution in [-0.4, -0.2) is 26.4 Å². The third-order valence-corrected chi connectivity index (χ3v) is 3.54. The monoisotopic (exact) mass is 288 g/mol. The van der Waals surface area contributed by atoms with E-state index in [1.165, 1.54) is 12.8 Å². The van der Waals surface area contributed by atoms with Crippen LogP contribution in [0.1, 0.15) is 31.6 Å². The number of anilines is 2. The van der Waals surface area contributed by atoms with Crippen LogP contribution in [0.2, 0.25) is 0 Å². The molecule has 21 heavy (non-hydrogen) atoms. The summed E-state index contributed by atoms with van der Waals surface area (Å²) < 4.78 is 7.56. The van der Waals surface area contributed by atoms with E-state index in [1.54, 1.807) is 12.4 Å². The van der Waals surface area contributed by atoms with Crippen molar-refractivity contribution in [2.45, 2.75) is 25.8 Å². The molecule has 1 saturated carbocycles. The van der Waals surface area contributed by atoms with E-state index in [0.717, 1.165) is 5.82 Å². The average molecular weight is 288 g/mol. The topological polar surface area (TPSA) is 90.9 Å². The lowest BCUT2D eigenvalue weighted by Gasteiger charge is -2.15. The summed E-state index contributed by atoms with van der Waals surface area (Å²) in [4.78, 5) is 4.44. The lowest BCUT2D eigenvalue weighted by molar-refractivity contribution is 0.290. The summed E-state index contributed by atoms with van der Waals surface area (Å²) in [6, 6.07) is 3.64. The lowest BCUT2D eigenvalue weighted by atomic mass is 10.3. The summed E-state index contributed by atoms with van der Waals surface area (Å²) in [5, 5.41) is 11.3. The van der Waals surface area contributed by atoms with E-state index in [9.17, 15) is 0 Å². The zero-order valence-corrected chi connectivity index (χ0v) is 12.3. The van der Waals surface area contributed by atoms with Gasteiger partial charge in [0.25, 0.3) is 0 Å².